The third kappa shape index (κ3) is 4.45. The van der Waals surface area contributed by atoms with Gasteiger partial charge in [-0.25, -0.2) is 0 Å². The van der Waals surface area contributed by atoms with Crippen molar-refractivity contribution in [1.82, 2.24) is 5.32 Å². The molecule has 0 aromatic heterocycles. The number of fused-ring (bicyclic) bond motifs is 2. The molecule has 22 heavy (non-hydrogen) atoms. The Morgan fingerprint density at radius 1 is 0.909 bits per heavy atom. The van der Waals surface area contributed by atoms with Gasteiger partial charge in [0.25, 0.3) is 0 Å². The molecular weight excluding hydrogens is 308 g/mol. The lowest BCUT2D eigenvalue weighted by Gasteiger charge is -2.04. The molecule has 0 saturated heterocycles. The molecule has 0 radical (unpaired) electrons. The van der Waals surface area contributed by atoms with Crippen LogP contribution in [0.1, 0.15) is 17.5 Å². The van der Waals surface area contributed by atoms with E-state index in [0.717, 1.165) is 24.7 Å². The number of thioether (sulfide) groups is 2. The summed E-state index contributed by atoms with van der Waals surface area (Å²) in [6.07, 6.45) is 1.26. The van der Waals surface area contributed by atoms with Gasteiger partial charge in [0, 0.05) is 35.3 Å². The van der Waals surface area contributed by atoms with E-state index in [2.05, 4.69) is 59.2 Å². The van der Waals surface area contributed by atoms with Gasteiger partial charge in [-0.1, -0.05) is 36.4 Å². The van der Waals surface area contributed by atoms with Crippen LogP contribution < -0.4 is 10.6 Å². The second-order valence-corrected chi connectivity index (χ2v) is 7.44. The summed E-state index contributed by atoms with van der Waals surface area (Å²) in [5.41, 5.74) is 4.25. The van der Waals surface area contributed by atoms with Gasteiger partial charge in [-0.15, -0.1) is 23.5 Å². The first-order valence-electron chi connectivity index (χ1n) is 7.74. The SMILES string of the molecule is c1ccc2c(c1)CNCSC2.c1ccc2c(c1)NCCCS2. The van der Waals surface area contributed by atoms with Crippen LogP contribution >= 0.6 is 23.5 Å². The molecule has 2 N–H and O–H groups in total. The van der Waals surface area contributed by atoms with Crippen LogP contribution in [0.3, 0.4) is 0 Å². The van der Waals surface area contributed by atoms with Crippen molar-refractivity contribution in [2.75, 3.05) is 23.5 Å². The summed E-state index contributed by atoms with van der Waals surface area (Å²) in [7, 11) is 0. The Balaban J connectivity index is 0.000000131. The average molecular weight is 331 g/mol. The summed E-state index contributed by atoms with van der Waals surface area (Å²) in [4.78, 5) is 1.39. The molecule has 0 fully saturated rings. The zero-order valence-electron chi connectivity index (χ0n) is 12.7. The monoisotopic (exact) mass is 330 g/mol. The van der Waals surface area contributed by atoms with E-state index >= 15 is 0 Å². The smallest absolute Gasteiger partial charge is 0.0478 e. The Hall–Kier alpha value is -1.10. The lowest BCUT2D eigenvalue weighted by molar-refractivity contribution is 0.799. The molecule has 2 aliphatic heterocycles. The number of benzene rings is 2. The van der Waals surface area contributed by atoms with Crippen LogP contribution in [0.5, 0.6) is 0 Å². The van der Waals surface area contributed by atoms with Crippen LogP contribution in [-0.4, -0.2) is 18.2 Å². The lowest BCUT2D eigenvalue weighted by atomic mass is 10.1. The molecule has 116 valence electrons. The van der Waals surface area contributed by atoms with E-state index in [1.54, 1.807) is 0 Å². The van der Waals surface area contributed by atoms with E-state index in [1.807, 2.05) is 23.5 Å². The van der Waals surface area contributed by atoms with Crippen molar-refractivity contribution in [2.24, 2.45) is 0 Å². The first-order valence-corrected chi connectivity index (χ1v) is 9.88. The summed E-state index contributed by atoms with van der Waals surface area (Å²) in [6, 6.07) is 17.1. The van der Waals surface area contributed by atoms with Crippen molar-refractivity contribution in [3.63, 3.8) is 0 Å². The fraction of sp³-hybridized carbons (Fsp3) is 0.333. The summed E-state index contributed by atoms with van der Waals surface area (Å²) in [5.74, 6) is 3.47. The van der Waals surface area contributed by atoms with Gasteiger partial charge in [0.1, 0.15) is 0 Å². The van der Waals surface area contributed by atoms with Crippen molar-refractivity contribution < 1.29 is 0 Å². The van der Waals surface area contributed by atoms with Gasteiger partial charge in [-0.3, -0.25) is 0 Å². The predicted octanol–water partition coefficient (Wildman–Crippen LogP) is 4.57. The summed E-state index contributed by atoms with van der Waals surface area (Å²) >= 11 is 3.89. The first-order chi connectivity index (χ1) is 10.9. The van der Waals surface area contributed by atoms with Crippen LogP contribution in [0.4, 0.5) is 5.69 Å². The maximum atomic E-state index is 3.40. The average Bonchev–Trinajstić information content (AvgIpc) is 2.95. The molecule has 0 amide bonds. The molecule has 0 saturated carbocycles. The highest BCUT2D eigenvalue weighted by Crippen LogP contribution is 2.29. The van der Waals surface area contributed by atoms with E-state index in [9.17, 15) is 0 Å². The zero-order valence-corrected chi connectivity index (χ0v) is 14.3. The molecule has 0 aliphatic carbocycles. The Morgan fingerprint density at radius 2 is 1.73 bits per heavy atom. The molecule has 0 unspecified atom stereocenters. The Kier molecular flexibility index (Phi) is 6.11. The normalized spacial score (nSPS) is 16.7. The van der Waals surface area contributed by atoms with Gasteiger partial charge in [-0.2, -0.15) is 0 Å². The molecule has 2 heterocycles. The first kappa shape index (κ1) is 15.8. The van der Waals surface area contributed by atoms with Crippen LogP contribution in [0.25, 0.3) is 0 Å². The number of anilines is 1. The summed E-state index contributed by atoms with van der Waals surface area (Å²) < 4.78 is 0. The molecule has 2 aromatic rings. The molecule has 4 rings (SSSR count). The highest BCUT2D eigenvalue weighted by atomic mass is 32.2. The van der Waals surface area contributed by atoms with Crippen molar-refractivity contribution in [1.29, 1.82) is 0 Å². The van der Waals surface area contributed by atoms with Gasteiger partial charge in [0.05, 0.1) is 0 Å². The van der Waals surface area contributed by atoms with Gasteiger partial charge in [0.2, 0.25) is 0 Å². The molecule has 2 aromatic carbocycles. The van der Waals surface area contributed by atoms with Crippen LogP contribution in [0.2, 0.25) is 0 Å². The van der Waals surface area contributed by atoms with Gasteiger partial charge < -0.3 is 10.6 Å². The van der Waals surface area contributed by atoms with Crippen molar-refractivity contribution >= 4 is 29.2 Å². The van der Waals surface area contributed by atoms with E-state index < -0.39 is 0 Å². The number of hydrogen-bond donors (Lipinski definition) is 2. The second kappa shape index (κ2) is 8.51. The topological polar surface area (TPSA) is 24.1 Å². The lowest BCUT2D eigenvalue weighted by Crippen LogP contribution is -2.09. The fourth-order valence-electron chi connectivity index (χ4n) is 2.51. The minimum absolute atomic E-state index is 1.03. The van der Waals surface area contributed by atoms with E-state index in [4.69, 9.17) is 0 Å². The highest BCUT2D eigenvalue weighted by molar-refractivity contribution is 7.99. The maximum absolute atomic E-state index is 3.40. The van der Waals surface area contributed by atoms with E-state index in [1.165, 1.54) is 33.9 Å². The Labute approximate surface area is 141 Å². The van der Waals surface area contributed by atoms with Gasteiger partial charge in [0.15, 0.2) is 0 Å². The predicted molar refractivity (Wildman–Crippen MR) is 99.7 cm³/mol. The minimum atomic E-state index is 1.03. The molecule has 0 bridgehead atoms. The molecule has 0 atom stereocenters. The van der Waals surface area contributed by atoms with Crippen LogP contribution in [0.15, 0.2) is 53.4 Å². The van der Waals surface area contributed by atoms with E-state index in [0.29, 0.717) is 0 Å². The molecule has 2 nitrogen and oxygen atoms in total. The largest absolute Gasteiger partial charge is 0.384 e. The fourth-order valence-corrected chi connectivity index (χ4v) is 4.33. The number of hydrogen-bond acceptors (Lipinski definition) is 4. The molecule has 4 heteroatoms. The quantitative estimate of drug-likeness (QED) is 0.738. The van der Waals surface area contributed by atoms with Crippen LogP contribution in [-0.2, 0) is 12.3 Å². The number of nitrogens with one attached hydrogen (secondary N) is 2. The maximum Gasteiger partial charge on any atom is 0.0478 e. The van der Waals surface area contributed by atoms with Gasteiger partial charge in [-0.05, 0) is 35.4 Å². The van der Waals surface area contributed by atoms with E-state index in [-0.39, 0.29) is 0 Å². The minimum Gasteiger partial charge on any atom is -0.384 e. The molecule has 2 aliphatic rings. The zero-order chi connectivity index (χ0) is 15.0. The number of rotatable bonds is 0. The van der Waals surface area contributed by atoms with Crippen molar-refractivity contribution in [3.8, 4) is 0 Å². The Morgan fingerprint density at radius 3 is 2.68 bits per heavy atom. The van der Waals surface area contributed by atoms with Crippen LogP contribution in [0, 0.1) is 0 Å². The highest BCUT2D eigenvalue weighted by Gasteiger charge is 2.05. The third-order valence-electron chi connectivity index (χ3n) is 3.68. The van der Waals surface area contributed by atoms with Crippen molar-refractivity contribution in [3.05, 3.63) is 59.7 Å². The summed E-state index contributed by atoms with van der Waals surface area (Å²) in [6.45, 7) is 2.15. The third-order valence-corrected chi connectivity index (χ3v) is 5.76. The van der Waals surface area contributed by atoms with Crippen molar-refractivity contribution in [2.45, 2.75) is 23.6 Å². The standard InChI is InChI=1S/2C9H11NS/c1-2-5-9-8(4-1)10-6-3-7-11-9;1-2-4-9-6-11-7-10-5-8(9)3-1/h1-2,4-5,10H,3,6-7H2;1-4,10H,5-7H2. The Bertz CT molecular complexity index is 498. The molecule has 0 spiro atoms. The molecular formula is C18H22N2S2. The number of para-hydroxylation sites is 1. The second-order valence-electron chi connectivity index (χ2n) is 5.31. The summed E-state index contributed by atoms with van der Waals surface area (Å²) in [5, 5.41) is 6.77. The van der Waals surface area contributed by atoms with Gasteiger partial charge >= 0.3 is 0 Å².